The van der Waals surface area contributed by atoms with Gasteiger partial charge in [0.25, 0.3) is 0 Å². The molecule has 0 N–H and O–H groups in total. The van der Waals surface area contributed by atoms with Crippen LogP contribution in [0.4, 0.5) is 0 Å². The second-order valence-corrected chi connectivity index (χ2v) is 7.45. The van der Waals surface area contributed by atoms with E-state index in [1.165, 1.54) is 11.3 Å². The summed E-state index contributed by atoms with van der Waals surface area (Å²) in [6, 6.07) is 0. The maximum Gasteiger partial charge on any atom is 0.357 e. The summed E-state index contributed by atoms with van der Waals surface area (Å²) in [7, 11) is 0. The molecule has 0 spiro atoms. The molecular formula is C12O6S3. The normalized spacial score (nSPS) is 12.6. The van der Waals surface area contributed by atoms with Gasteiger partial charge in [-0.25, -0.2) is 19.2 Å². The quantitative estimate of drug-likeness (QED) is 0.429. The molecule has 0 unspecified atom stereocenters. The Kier molecular flexibility index (Phi) is 1.86. The minimum Gasteiger partial charge on any atom is -0.385 e. The van der Waals surface area contributed by atoms with E-state index >= 15 is 0 Å². The maximum absolute atomic E-state index is 11.7. The largest absolute Gasteiger partial charge is 0.385 e. The van der Waals surface area contributed by atoms with Crippen LogP contribution in [0, 0.1) is 0 Å². The van der Waals surface area contributed by atoms with Crippen molar-refractivity contribution in [2.24, 2.45) is 0 Å². The summed E-state index contributed by atoms with van der Waals surface area (Å²) in [4.78, 5) is 46.6. The van der Waals surface area contributed by atoms with Gasteiger partial charge in [-0.15, -0.1) is 34.0 Å². The number of hydrogen-bond acceptors (Lipinski definition) is 9. The first kappa shape index (κ1) is 11.5. The third-order valence-electron chi connectivity index (χ3n) is 3.29. The fourth-order valence-electron chi connectivity index (χ4n) is 2.45. The second-order valence-electron chi connectivity index (χ2n) is 4.38. The van der Waals surface area contributed by atoms with Gasteiger partial charge in [0.05, 0.1) is 18.8 Å². The molecule has 5 aromatic heterocycles. The van der Waals surface area contributed by atoms with Gasteiger partial charge >= 0.3 is 22.5 Å². The molecule has 0 saturated carbocycles. The van der Waals surface area contributed by atoms with Gasteiger partial charge in [-0.3, -0.25) is 0 Å². The third-order valence-corrected chi connectivity index (χ3v) is 7.28. The summed E-state index contributed by atoms with van der Waals surface area (Å²) in [5.41, 5.74) is -2.61. The number of thiophene rings is 3. The first-order chi connectivity index (χ1) is 10.1. The molecule has 102 valence electrons. The van der Waals surface area contributed by atoms with Crippen molar-refractivity contribution in [3.05, 3.63) is 41.7 Å². The number of furan rings is 2. The molecule has 21 heavy (non-hydrogen) atoms. The zero-order valence-electron chi connectivity index (χ0n) is 9.67. The van der Waals surface area contributed by atoms with Gasteiger partial charge in [0, 0.05) is 0 Å². The number of rotatable bonds is 0. The minimum atomic E-state index is -0.662. The van der Waals surface area contributed by atoms with E-state index in [2.05, 4.69) is 8.83 Å². The van der Waals surface area contributed by atoms with Crippen LogP contribution in [0.15, 0.2) is 28.0 Å². The van der Waals surface area contributed by atoms with E-state index in [1.807, 2.05) is 0 Å². The lowest BCUT2D eigenvalue weighted by atomic mass is 10.3. The predicted molar refractivity (Wildman–Crippen MR) is 82.1 cm³/mol. The predicted octanol–water partition coefficient (Wildman–Crippen LogP) is 1.99. The lowest BCUT2D eigenvalue weighted by molar-refractivity contribution is 0.500. The van der Waals surface area contributed by atoms with Crippen molar-refractivity contribution in [2.75, 3.05) is 0 Å². The molecule has 0 radical (unpaired) electrons. The van der Waals surface area contributed by atoms with Gasteiger partial charge in [-0.05, 0) is 0 Å². The summed E-state index contributed by atoms with van der Waals surface area (Å²) in [5.74, 6) is 0. The van der Waals surface area contributed by atoms with Crippen LogP contribution in [0.1, 0.15) is 0 Å². The molecule has 0 aliphatic rings. The molecule has 6 nitrogen and oxygen atoms in total. The van der Waals surface area contributed by atoms with Crippen LogP contribution in [-0.2, 0) is 0 Å². The zero-order valence-corrected chi connectivity index (χ0v) is 12.1. The Labute approximate surface area is 123 Å². The lowest BCUT2D eigenvalue weighted by Gasteiger charge is -1.75. The average Bonchev–Trinajstić information content (AvgIpc) is 3.11. The first-order valence-corrected chi connectivity index (χ1v) is 8.06. The fraction of sp³-hybridized carbons (Fsp3) is 0. The SMILES string of the molecule is O=c1oc(=O)c2c1sc1c3sc4c(=O)oc(=O)c4c3sc12. The number of fused-ring (bicyclic) bond motifs is 7. The van der Waals surface area contributed by atoms with Crippen LogP contribution in [-0.4, -0.2) is 0 Å². The Bertz CT molecular complexity index is 1300. The van der Waals surface area contributed by atoms with Crippen molar-refractivity contribution >= 4 is 73.0 Å². The Morgan fingerprint density at radius 3 is 1.29 bits per heavy atom. The molecule has 0 aliphatic carbocycles. The molecule has 5 rings (SSSR count). The highest BCUT2D eigenvalue weighted by Crippen LogP contribution is 2.47. The van der Waals surface area contributed by atoms with E-state index in [9.17, 15) is 19.2 Å². The standard InChI is InChI=1S/C12O6S3/c13-9-1-3-7(20-5(1)11(15)17-9)8-4(19-3)2-6(21-8)12(16)18-10(2)14. The Morgan fingerprint density at radius 1 is 0.476 bits per heavy atom. The highest BCUT2D eigenvalue weighted by molar-refractivity contribution is 7.43. The molecule has 0 atom stereocenters. The van der Waals surface area contributed by atoms with Gasteiger partial charge in [0.15, 0.2) is 0 Å². The summed E-state index contributed by atoms with van der Waals surface area (Å²) in [6.07, 6.45) is 0. The van der Waals surface area contributed by atoms with Gasteiger partial charge in [-0.1, -0.05) is 0 Å². The molecule has 5 heterocycles. The minimum absolute atomic E-state index is 0.264. The molecule has 0 bridgehead atoms. The number of hydrogen-bond donors (Lipinski definition) is 0. The Hall–Kier alpha value is -2.10. The third kappa shape index (κ3) is 1.18. The molecule has 5 aromatic rings. The van der Waals surface area contributed by atoms with E-state index in [-0.39, 0.29) is 20.2 Å². The highest BCUT2D eigenvalue weighted by atomic mass is 32.1. The topological polar surface area (TPSA) is 94.6 Å². The van der Waals surface area contributed by atoms with E-state index < -0.39 is 22.5 Å². The maximum atomic E-state index is 11.7. The van der Waals surface area contributed by atoms with E-state index in [4.69, 9.17) is 0 Å². The Balaban J connectivity index is 2.18. The van der Waals surface area contributed by atoms with E-state index in [0.717, 1.165) is 32.1 Å². The molecule has 0 fully saturated rings. The van der Waals surface area contributed by atoms with E-state index in [0.29, 0.717) is 9.40 Å². The van der Waals surface area contributed by atoms with Crippen molar-refractivity contribution in [2.45, 2.75) is 0 Å². The van der Waals surface area contributed by atoms with Gasteiger partial charge in [0.1, 0.15) is 20.2 Å². The van der Waals surface area contributed by atoms with Gasteiger partial charge in [0.2, 0.25) is 0 Å². The highest BCUT2D eigenvalue weighted by Gasteiger charge is 2.25. The van der Waals surface area contributed by atoms with Gasteiger partial charge in [-0.2, -0.15) is 0 Å². The summed E-state index contributed by atoms with van der Waals surface area (Å²) in [5, 5.41) is 0.527. The second kappa shape index (κ2) is 3.38. The van der Waals surface area contributed by atoms with Crippen LogP contribution in [0.25, 0.3) is 39.0 Å². The smallest absolute Gasteiger partial charge is 0.357 e. The lowest BCUT2D eigenvalue weighted by Crippen LogP contribution is -1.94. The Morgan fingerprint density at radius 2 is 0.857 bits per heavy atom. The molecule has 0 saturated heterocycles. The summed E-state index contributed by atoms with van der Waals surface area (Å²) >= 11 is 3.52. The molecule has 0 aliphatic heterocycles. The van der Waals surface area contributed by atoms with Crippen LogP contribution in [0.3, 0.4) is 0 Å². The molecule has 9 heteroatoms. The monoisotopic (exact) mass is 336 g/mol. The van der Waals surface area contributed by atoms with Crippen molar-refractivity contribution in [3.63, 3.8) is 0 Å². The van der Waals surface area contributed by atoms with Crippen molar-refractivity contribution < 1.29 is 8.83 Å². The summed E-state index contributed by atoms with van der Waals surface area (Å²) < 4.78 is 12.5. The van der Waals surface area contributed by atoms with Crippen molar-refractivity contribution in [1.29, 1.82) is 0 Å². The van der Waals surface area contributed by atoms with Crippen LogP contribution in [0.2, 0.25) is 0 Å². The first-order valence-electron chi connectivity index (χ1n) is 5.61. The average molecular weight is 336 g/mol. The van der Waals surface area contributed by atoms with Crippen LogP contribution in [0.5, 0.6) is 0 Å². The zero-order chi connectivity index (χ0) is 14.5. The van der Waals surface area contributed by atoms with Crippen molar-refractivity contribution in [1.82, 2.24) is 0 Å². The van der Waals surface area contributed by atoms with E-state index in [1.54, 1.807) is 0 Å². The van der Waals surface area contributed by atoms with Crippen LogP contribution >= 0.6 is 34.0 Å². The van der Waals surface area contributed by atoms with Gasteiger partial charge < -0.3 is 8.83 Å². The van der Waals surface area contributed by atoms with Crippen molar-refractivity contribution in [3.8, 4) is 0 Å². The molecule has 0 amide bonds. The summed E-state index contributed by atoms with van der Waals surface area (Å²) in [6.45, 7) is 0. The molecular weight excluding hydrogens is 336 g/mol. The van der Waals surface area contributed by atoms with Crippen LogP contribution < -0.4 is 22.5 Å². The fourth-order valence-corrected chi connectivity index (χ4v) is 6.64. The molecule has 0 aromatic carbocycles.